The van der Waals surface area contributed by atoms with E-state index in [0.717, 1.165) is 12.8 Å². The van der Waals surface area contributed by atoms with Gasteiger partial charge in [0.25, 0.3) is 0 Å². The predicted octanol–water partition coefficient (Wildman–Crippen LogP) is 3.50. The van der Waals surface area contributed by atoms with E-state index in [1.165, 1.54) is 35.3 Å². The van der Waals surface area contributed by atoms with Gasteiger partial charge in [0.15, 0.2) is 0 Å². The Morgan fingerprint density at radius 3 is 2.39 bits per heavy atom. The minimum Gasteiger partial charge on any atom is -0.355 e. The van der Waals surface area contributed by atoms with Crippen LogP contribution in [0.3, 0.4) is 0 Å². The van der Waals surface area contributed by atoms with Crippen molar-refractivity contribution in [3.63, 3.8) is 0 Å². The van der Waals surface area contributed by atoms with Gasteiger partial charge in [-0.25, -0.2) is 8.42 Å². The number of hydrogen-bond donors (Lipinski definition) is 1. The molecule has 0 bridgehead atoms. The lowest BCUT2D eigenvalue weighted by atomic mass is 9.69. The monoisotopic (exact) mass is 441 g/mol. The summed E-state index contributed by atoms with van der Waals surface area (Å²) in [6, 6.07) is 13.7. The summed E-state index contributed by atoms with van der Waals surface area (Å²) in [5.74, 6) is -0.0870. The molecule has 166 valence electrons. The first-order valence-electron chi connectivity index (χ1n) is 11.2. The quantitative estimate of drug-likeness (QED) is 0.744. The van der Waals surface area contributed by atoms with Gasteiger partial charge in [-0.05, 0) is 43.4 Å². The van der Waals surface area contributed by atoms with E-state index < -0.39 is 10.0 Å². The molecule has 1 amide bonds. The van der Waals surface area contributed by atoms with Gasteiger partial charge in [-0.2, -0.15) is 4.31 Å². The zero-order valence-corrected chi connectivity index (χ0v) is 18.7. The molecule has 31 heavy (non-hydrogen) atoms. The van der Waals surface area contributed by atoms with Crippen molar-refractivity contribution in [1.29, 1.82) is 0 Å². The average molecular weight is 442 g/mol. The summed E-state index contributed by atoms with van der Waals surface area (Å²) >= 11 is 0. The van der Waals surface area contributed by atoms with Crippen molar-refractivity contribution >= 4 is 15.9 Å². The molecule has 1 aromatic heterocycles. The Morgan fingerprint density at radius 1 is 1.03 bits per heavy atom. The van der Waals surface area contributed by atoms with Crippen molar-refractivity contribution in [2.24, 2.45) is 5.92 Å². The Morgan fingerprint density at radius 2 is 1.74 bits per heavy atom. The van der Waals surface area contributed by atoms with E-state index in [1.807, 2.05) is 6.07 Å². The number of carbonyl (C=O) groups is 1. The van der Waals surface area contributed by atoms with Crippen LogP contribution in [0.1, 0.15) is 50.5 Å². The fourth-order valence-electron chi connectivity index (χ4n) is 5.00. The summed E-state index contributed by atoms with van der Waals surface area (Å²) in [6.07, 6.45) is 9.86. The van der Waals surface area contributed by atoms with E-state index in [0.29, 0.717) is 32.5 Å². The number of sulfonamides is 1. The van der Waals surface area contributed by atoms with Crippen LogP contribution in [-0.2, 0) is 20.2 Å². The Balaban J connectivity index is 1.36. The lowest BCUT2D eigenvalue weighted by Gasteiger charge is -2.39. The third kappa shape index (κ3) is 4.83. The maximum Gasteiger partial charge on any atom is 0.244 e. The number of nitrogens with zero attached hydrogens (tertiary/aromatic N) is 2. The molecule has 7 heteroatoms. The Labute approximate surface area is 185 Å². The third-order valence-electron chi connectivity index (χ3n) is 6.89. The van der Waals surface area contributed by atoms with Crippen molar-refractivity contribution in [2.75, 3.05) is 19.6 Å². The molecule has 2 aromatic rings. The summed E-state index contributed by atoms with van der Waals surface area (Å²) < 4.78 is 27.0. The van der Waals surface area contributed by atoms with E-state index in [2.05, 4.69) is 34.6 Å². The van der Waals surface area contributed by atoms with Crippen molar-refractivity contribution in [2.45, 2.75) is 55.3 Å². The van der Waals surface area contributed by atoms with Gasteiger partial charge in [-0.3, -0.25) is 9.78 Å². The van der Waals surface area contributed by atoms with Crippen molar-refractivity contribution in [1.82, 2.24) is 14.6 Å². The number of amides is 1. The van der Waals surface area contributed by atoms with E-state index >= 15 is 0 Å². The van der Waals surface area contributed by atoms with Crippen molar-refractivity contribution in [3.05, 3.63) is 60.4 Å². The largest absolute Gasteiger partial charge is 0.355 e. The molecule has 2 heterocycles. The molecule has 0 spiro atoms. The zero-order chi connectivity index (χ0) is 21.7. The molecule has 0 unspecified atom stereocenters. The Bertz CT molecular complexity index is 966. The molecule has 2 aliphatic rings. The first kappa shape index (κ1) is 22.0. The molecule has 4 rings (SSSR count). The molecule has 1 saturated carbocycles. The number of piperidine rings is 1. The van der Waals surface area contributed by atoms with E-state index in [1.54, 1.807) is 18.3 Å². The second-order valence-corrected chi connectivity index (χ2v) is 10.7. The van der Waals surface area contributed by atoms with Crippen molar-refractivity contribution in [3.8, 4) is 0 Å². The minimum absolute atomic E-state index is 0.0134. The van der Waals surface area contributed by atoms with Gasteiger partial charge < -0.3 is 5.32 Å². The molecule has 1 N–H and O–H groups in total. The molecule has 1 aliphatic heterocycles. The highest BCUT2D eigenvalue weighted by molar-refractivity contribution is 7.89. The van der Waals surface area contributed by atoms with Gasteiger partial charge in [0, 0.05) is 43.4 Å². The molecule has 1 aromatic carbocycles. The third-order valence-corrected chi connectivity index (χ3v) is 8.78. The smallest absolute Gasteiger partial charge is 0.244 e. The molecular formula is C24H31N3O3S. The van der Waals surface area contributed by atoms with Crippen LogP contribution in [0.2, 0.25) is 0 Å². The molecule has 2 fully saturated rings. The van der Waals surface area contributed by atoms with Crippen LogP contribution in [-0.4, -0.2) is 43.2 Å². The summed E-state index contributed by atoms with van der Waals surface area (Å²) in [6.45, 7) is 1.38. The molecule has 1 aliphatic carbocycles. The van der Waals surface area contributed by atoms with Gasteiger partial charge in [0.05, 0.1) is 0 Å². The van der Waals surface area contributed by atoms with Gasteiger partial charge in [0.2, 0.25) is 15.9 Å². The van der Waals surface area contributed by atoms with Crippen LogP contribution >= 0.6 is 0 Å². The predicted molar refractivity (Wildman–Crippen MR) is 120 cm³/mol. The van der Waals surface area contributed by atoms with Crippen LogP contribution in [0.5, 0.6) is 0 Å². The van der Waals surface area contributed by atoms with Crippen LogP contribution in [0.15, 0.2) is 59.8 Å². The number of carbonyl (C=O) groups excluding carboxylic acids is 1. The lowest BCUT2D eigenvalue weighted by molar-refractivity contribution is -0.126. The molecule has 0 atom stereocenters. The van der Waals surface area contributed by atoms with E-state index in [-0.39, 0.29) is 22.1 Å². The van der Waals surface area contributed by atoms with E-state index in [4.69, 9.17) is 0 Å². The summed E-state index contributed by atoms with van der Waals surface area (Å²) in [5, 5.41) is 3.23. The SMILES string of the molecule is O=C(NCC1(c2ccccc2)CCCCC1)C1CCN(S(=O)(=O)c2cccnc2)CC1. The Hall–Kier alpha value is -2.25. The molecule has 1 saturated heterocycles. The number of nitrogens with one attached hydrogen (secondary N) is 1. The fourth-order valence-corrected chi connectivity index (χ4v) is 6.43. The number of aromatic nitrogens is 1. The Kier molecular flexibility index (Phi) is 6.72. The maximum atomic E-state index is 13.0. The maximum absolute atomic E-state index is 13.0. The van der Waals surface area contributed by atoms with Crippen LogP contribution in [0.25, 0.3) is 0 Å². The average Bonchev–Trinajstić information content (AvgIpc) is 2.84. The first-order valence-corrected chi connectivity index (χ1v) is 12.7. The highest BCUT2D eigenvalue weighted by Gasteiger charge is 2.36. The summed E-state index contributed by atoms with van der Waals surface area (Å²) in [7, 11) is -3.55. The summed E-state index contributed by atoms with van der Waals surface area (Å²) in [4.78, 5) is 17.1. The highest BCUT2D eigenvalue weighted by atomic mass is 32.2. The molecule has 6 nitrogen and oxygen atoms in total. The first-order chi connectivity index (χ1) is 15.0. The summed E-state index contributed by atoms with van der Waals surface area (Å²) in [5.41, 5.74) is 1.33. The molecule has 0 radical (unpaired) electrons. The number of rotatable bonds is 6. The number of hydrogen-bond acceptors (Lipinski definition) is 4. The standard InChI is InChI=1S/C24H31N3O3S/c28-23(26-19-24(13-5-2-6-14-24)21-8-3-1-4-9-21)20-11-16-27(17-12-20)31(29,30)22-10-7-15-25-18-22/h1,3-4,7-10,15,18,20H,2,5-6,11-14,16-17,19H2,(H,26,28). The minimum atomic E-state index is -3.55. The lowest BCUT2D eigenvalue weighted by Crippen LogP contribution is -2.47. The van der Waals surface area contributed by atoms with Crippen molar-refractivity contribution < 1.29 is 13.2 Å². The zero-order valence-electron chi connectivity index (χ0n) is 17.9. The van der Waals surface area contributed by atoms with Gasteiger partial charge in [0.1, 0.15) is 4.90 Å². The normalized spacial score (nSPS) is 20.3. The fraction of sp³-hybridized carbons (Fsp3) is 0.500. The van der Waals surface area contributed by atoms with Gasteiger partial charge >= 0.3 is 0 Å². The number of benzene rings is 1. The topological polar surface area (TPSA) is 79.4 Å². The van der Waals surface area contributed by atoms with Gasteiger partial charge in [-0.1, -0.05) is 49.6 Å². The second-order valence-electron chi connectivity index (χ2n) is 8.79. The molecular weight excluding hydrogens is 410 g/mol. The van der Waals surface area contributed by atoms with Crippen LogP contribution in [0.4, 0.5) is 0 Å². The van der Waals surface area contributed by atoms with Gasteiger partial charge in [-0.15, -0.1) is 0 Å². The second kappa shape index (κ2) is 9.49. The highest BCUT2D eigenvalue weighted by Crippen LogP contribution is 2.39. The van der Waals surface area contributed by atoms with Crippen LogP contribution < -0.4 is 5.32 Å². The van der Waals surface area contributed by atoms with Crippen LogP contribution in [0, 0.1) is 5.92 Å². The van der Waals surface area contributed by atoms with E-state index in [9.17, 15) is 13.2 Å². The number of pyridine rings is 1.